The highest BCUT2D eigenvalue weighted by molar-refractivity contribution is 5.87. The lowest BCUT2D eigenvalue weighted by molar-refractivity contribution is -0.147. The first-order valence-corrected chi connectivity index (χ1v) is 11.5. The molecule has 9 heteroatoms. The van der Waals surface area contributed by atoms with Crippen LogP contribution < -0.4 is 10.6 Å². The van der Waals surface area contributed by atoms with Gasteiger partial charge < -0.3 is 24.8 Å². The van der Waals surface area contributed by atoms with Crippen LogP contribution in [0.1, 0.15) is 61.3 Å². The lowest BCUT2D eigenvalue weighted by atomic mass is 9.80. The van der Waals surface area contributed by atoms with Crippen LogP contribution in [0.4, 0.5) is 4.79 Å². The van der Waals surface area contributed by atoms with Crippen molar-refractivity contribution in [3.63, 3.8) is 0 Å². The Morgan fingerprint density at radius 1 is 0.882 bits per heavy atom. The topological polar surface area (TPSA) is 120 Å². The maximum atomic E-state index is 12.3. The third kappa shape index (κ3) is 14.3. The number of esters is 2. The molecule has 0 saturated carbocycles. The van der Waals surface area contributed by atoms with E-state index in [1.807, 2.05) is 13.8 Å². The summed E-state index contributed by atoms with van der Waals surface area (Å²) in [6.07, 6.45) is -0.150. The number of carbonyl (C=O) groups is 4. The average molecular weight is 483 g/mol. The molecule has 1 atom stereocenters. The number of hydrogen-bond acceptors (Lipinski definition) is 7. The van der Waals surface area contributed by atoms with E-state index in [2.05, 4.69) is 44.6 Å². The van der Waals surface area contributed by atoms with Crippen LogP contribution in [0, 0.1) is 17.3 Å². The van der Waals surface area contributed by atoms with Crippen LogP contribution in [-0.4, -0.2) is 56.3 Å². The van der Waals surface area contributed by atoms with E-state index in [1.54, 1.807) is 0 Å². The molecular weight excluding hydrogens is 440 g/mol. The monoisotopic (exact) mass is 482 g/mol. The van der Waals surface area contributed by atoms with Crippen LogP contribution in [0.3, 0.4) is 0 Å². The molecule has 0 spiro atoms. The van der Waals surface area contributed by atoms with Gasteiger partial charge in [0.05, 0.1) is 0 Å². The van der Waals surface area contributed by atoms with Crippen molar-refractivity contribution in [2.75, 3.05) is 26.3 Å². The van der Waals surface area contributed by atoms with Gasteiger partial charge in [-0.25, -0.2) is 14.4 Å². The fourth-order valence-corrected chi connectivity index (χ4v) is 2.99. The van der Waals surface area contributed by atoms with Crippen LogP contribution in [0.15, 0.2) is 24.3 Å². The first-order valence-electron chi connectivity index (χ1n) is 11.5. The molecular formula is C25H42N2O7. The molecule has 0 aromatic heterocycles. The molecule has 2 amide bonds. The normalized spacial score (nSPS) is 12.0. The Labute approximate surface area is 203 Å². The summed E-state index contributed by atoms with van der Waals surface area (Å²) in [6, 6.07) is 0. The van der Waals surface area contributed by atoms with E-state index in [0.717, 1.165) is 6.42 Å². The summed E-state index contributed by atoms with van der Waals surface area (Å²) in [5.74, 6) is -1.01. The van der Waals surface area contributed by atoms with Gasteiger partial charge in [0.1, 0.15) is 13.2 Å². The number of amides is 2. The lowest BCUT2D eigenvalue weighted by Crippen LogP contribution is -2.37. The number of carbonyl (C=O) groups excluding carboxylic acids is 4. The van der Waals surface area contributed by atoms with E-state index >= 15 is 0 Å². The molecule has 0 aliphatic heterocycles. The van der Waals surface area contributed by atoms with Crippen LogP contribution in [-0.2, 0) is 28.6 Å². The summed E-state index contributed by atoms with van der Waals surface area (Å²) in [5.41, 5.74) is 0.313. The summed E-state index contributed by atoms with van der Waals surface area (Å²) in [6.45, 7) is 20.3. The molecule has 0 bridgehead atoms. The molecule has 0 aliphatic rings. The van der Waals surface area contributed by atoms with Crippen LogP contribution in [0.5, 0.6) is 0 Å². The minimum absolute atomic E-state index is 0.0338. The second-order valence-corrected chi connectivity index (χ2v) is 9.84. The van der Waals surface area contributed by atoms with Crippen LogP contribution in [0.25, 0.3) is 0 Å². The third-order valence-electron chi connectivity index (χ3n) is 4.89. The predicted octanol–water partition coefficient (Wildman–Crippen LogP) is 3.53. The van der Waals surface area contributed by atoms with Gasteiger partial charge in [0.25, 0.3) is 0 Å². The van der Waals surface area contributed by atoms with Gasteiger partial charge in [-0.3, -0.25) is 4.79 Å². The zero-order chi connectivity index (χ0) is 26.5. The highest BCUT2D eigenvalue weighted by Gasteiger charge is 2.23. The lowest BCUT2D eigenvalue weighted by Gasteiger charge is -2.28. The van der Waals surface area contributed by atoms with Gasteiger partial charge in [0.2, 0.25) is 5.91 Å². The third-order valence-corrected chi connectivity index (χ3v) is 4.89. The summed E-state index contributed by atoms with van der Waals surface area (Å²) in [7, 11) is 0. The van der Waals surface area contributed by atoms with E-state index in [9.17, 15) is 19.2 Å². The molecule has 0 heterocycles. The van der Waals surface area contributed by atoms with Crippen molar-refractivity contribution in [2.45, 2.75) is 67.4 Å². The molecule has 0 aliphatic carbocycles. The van der Waals surface area contributed by atoms with E-state index in [4.69, 9.17) is 14.2 Å². The number of rotatable bonds is 15. The summed E-state index contributed by atoms with van der Waals surface area (Å²) in [5, 5.41) is 5.62. The molecule has 9 nitrogen and oxygen atoms in total. The highest BCUT2D eigenvalue weighted by atomic mass is 16.6. The zero-order valence-electron chi connectivity index (χ0n) is 21.7. The van der Waals surface area contributed by atoms with Crippen molar-refractivity contribution in [1.82, 2.24) is 10.6 Å². The number of alkyl carbamates (subject to hydrolysis) is 1. The van der Waals surface area contributed by atoms with Crippen molar-refractivity contribution in [3.8, 4) is 0 Å². The maximum Gasteiger partial charge on any atom is 0.407 e. The second kappa shape index (κ2) is 15.1. The van der Waals surface area contributed by atoms with Gasteiger partial charge in [-0.05, 0) is 38.0 Å². The smallest absolute Gasteiger partial charge is 0.407 e. The fraction of sp³-hybridized carbons (Fsp3) is 0.680. The second-order valence-electron chi connectivity index (χ2n) is 9.84. The van der Waals surface area contributed by atoms with Crippen molar-refractivity contribution < 1.29 is 33.4 Å². The number of hydrogen-bond donors (Lipinski definition) is 2. The first-order chi connectivity index (χ1) is 15.6. The number of nitrogens with one attached hydrogen (secondary N) is 2. The van der Waals surface area contributed by atoms with Gasteiger partial charge in [0, 0.05) is 30.2 Å². The van der Waals surface area contributed by atoms with Gasteiger partial charge in [-0.15, -0.1) is 0 Å². The quantitative estimate of drug-likeness (QED) is 0.208. The Kier molecular flexibility index (Phi) is 13.9. The first kappa shape index (κ1) is 31.2. The van der Waals surface area contributed by atoms with Crippen molar-refractivity contribution in [3.05, 3.63) is 24.3 Å². The fourth-order valence-electron chi connectivity index (χ4n) is 2.99. The van der Waals surface area contributed by atoms with Crippen LogP contribution >= 0.6 is 0 Å². The summed E-state index contributed by atoms with van der Waals surface area (Å²) >= 11 is 0. The molecule has 0 radical (unpaired) electrons. The van der Waals surface area contributed by atoms with Crippen LogP contribution in [0.2, 0.25) is 0 Å². The molecule has 194 valence electrons. The Morgan fingerprint density at radius 3 is 1.82 bits per heavy atom. The predicted molar refractivity (Wildman–Crippen MR) is 130 cm³/mol. The summed E-state index contributed by atoms with van der Waals surface area (Å²) < 4.78 is 15.3. The van der Waals surface area contributed by atoms with E-state index in [-0.39, 0.29) is 47.5 Å². The Morgan fingerprint density at radius 2 is 1.38 bits per heavy atom. The van der Waals surface area contributed by atoms with E-state index < -0.39 is 24.1 Å². The summed E-state index contributed by atoms with van der Waals surface area (Å²) in [4.78, 5) is 47.3. The maximum absolute atomic E-state index is 12.3. The highest BCUT2D eigenvalue weighted by Crippen LogP contribution is 2.28. The van der Waals surface area contributed by atoms with Crippen molar-refractivity contribution >= 4 is 23.9 Å². The van der Waals surface area contributed by atoms with Gasteiger partial charge in [-0.2, -0.15) is 0 Å². The molecule has 1 unspecified atom stereocenters. The Hall–Kier alpha value is -2.84. The van der Waals surface area contributed by atoms with E-state index in [1.165, 1.54) is 13.8 Å². The van der Waals surface area contributed by atoms with Gasteiger partial charge in [-0.1, -0.05) is 47.8 Å². The molecule has 0 fully saturated rings. The number of ether oxygens (including phenoxy) is 3. The molecule has 2 N–H and O–H groups in total. The molecule has 0 aromatic carbocycles. The molecule has 0 aromatic rings. The van der Waals surface area contributed by atoms with Crippen molar-refractivity contribution in [1.29, 1.82) is 0 Å². The molecule has 0 rings (SSSR count). The zero-order valence-corrected chi connectivity index (χ0v) is 21.7. The van der Waals surface area contributed by atoms with Crippen molar-refractivity contribution in [2.24, 2.45) is 17.3 Å². The molecule has 0 saturated heterocycles. The SMILES string of the molecule is C=C(C)C(=O)OCC(COC(=O)C(=C)C)OC(=O)NCCC(C)(C)CC(C)CNC(=O)C(C)C. The van der Waals surface area contributed by atoms with E-state index in [0.29, 0.717) is 19.5 Å². The minimum Gasteiger partial charge on any atom is -0.458 e. The van der Waals surface area contributed by atoms with Gasteiger partial charge in [0.15, 0.2) is 6.10 Å². The minimum atomic E-state index is -0.982. The largest absolute Gasteiger partial charge is 0.458 e. The Balaban J connectivity index is 4.63. The average Bonchev–Trinajstić information content (AvgIpc) is 2.72. The molecule has 34 heavy (non-hydrogen) atoms. The van der Waals surface area contributed by atoms with Gasteiger partial charge >= 0.3 is 18.0 Å². The Bertz CT molecular complexity index is 714. The standard InChI is InChI=1S/C25H42N2O7/c1-16(2)21(28)27-13-19(7)12-25(8,9)10-11-26-24(31)34-20(14-32-22(29)17(3)4)15-33-23(30)18(5)6/h16,19-20H,3,5,10-15H2,1-2,4,6-9H3,(H,26,31)(H,27,28).